The number of likely N-dealkylation sites (tertiary alicyclic amines) is 1. The van der Waals surface area contributed by atoms with E-state index in [9.17, 15) is 24.3 Å². The van der Waals surface area contributed by atoms with Gasteiger partial charge in [-0.15, -0.1) is 21.5 Å². The molecule has 6 heterocycles. The number of carboxylic acid groups (broad SMARTS) is 1. The first kappa shape index (κ1) is 36.6. The number of nitrogens with one attached hydrogen (secondary N) is 3. The van der Waals surface area contributed by atoms with Crippen molar-refractivity contribution < 1.29 is 28.7 Å². The minimum atomic E-state index is -1.10. The molecule has 4 aromatic heterocycles. The van der Waals surface area contributed by atoms with Crippen LogP contribution in [0.25, 0.3) is 17.8 Å². The van der Waals surface area contributed by atoms with Crippen LogP contribution >= 0.6 is 11.3 Å². The Morgan fingerprint density at radius 2 is 2.02 bits per heavy atom. The van der Waals surface area contributed by atoms with Crippen LogP contribution in [-0.4, -0.2) is 109 Å². The fourth-order valence-corrected chi connectivity index (χ4v) is 7.85. The van der Waals surface area contributed by atoms with Crippen molar-refractivity contribution in [2.45, 2.75) is 70.9 Å². The number of nitrogens with zero attached hydrogens (tertiary/aromatic N) is 8. The van der Waals surface area contributed by atoms with E-state index in [1.54, 1.807) is 24.3 Å². The number of pyridine rings is 1. The maximum absolute atomic E-state index is 14.0. The first-order chi connectivity index (χ1) is 24.8. The summed E-state index contributed by atoms with van der Waals surface area (Å²) in [6, 6.07) is 3.05. The summed E-state index contributed by atoms with van der Waals surface area (Å²) in [5, 5.41) is 33.4. The number of aromatic amines is 1. The second kappa shape index (κ2) is 15.2. The van der Waals surface area contributed by atoms with Gasteiger partial charge in [-0.05, 0) is 49.3 Å². The average molecular weight is 734 g/mol. The van der Waals surface area contributed by atoms with Gasteiger partial charge in [0.2, 0.25) is 0 Å². The van der Waals surface area contributed by atoms with Gasteiger partial charge in [0.1, 0.15) is 30.2 Å². The molecule has 0 bridgehead atoms. The zero-order valence-corrected chi connectivity index (χ0v) is 30.4. The summed E-state index contributed by atoms with van der Waals surface area (Å²) >= 11 is 1.34. The predicted molar refractivity (Wildman–Crippen MR) is 192 cm³/mol. The molecule has 3 atom stereocenters. The van der Waals surface area contributed by atoms with Crippen molar-refractivity contribution in [2.75, 3.05) is 49.5 Å². The van der Waals surface area contributed by atoms with Gasteiger partial charge in [0.05, 0.1) is 43.4 Å². The minimum Gasteiger partial charge on any atom is -0.544 e. The summed E-state index contributed by atoms with van der Waals surface area (Å²) < 4.78 is 7.58. The number of fused-ring (bicyclic) bond motifs is 1. The number of ether oxygens (including phenoxy) is 1. The summed E-state index contributed by atoms with van der Waals surface area (Å²) in [5.41, 5.74) is 1.12. The summed E-state index contributed by atoms with van der Waals surface area (Å²) in [6.45, 7) is 10.5. The van der Waals surface area contributed by atoms with E-state index in [1.807, 2.05) is 38.0 Å². The molecular weight excluding hydrogens is 691 g/mol. The van der Waals surface area contributed by atoms with Crippen LogP contribution in [0.2, 0.25) is 0 Å². The number of aromatic nitrogens is 7. The van der Waals surface area contributed by atoms with Gasteiger partial charge in [0.15, 0.2) is 11.0 Å². The monoisotopic (exact) mass is 733 g/mol. The summed E-state index contributed by atoms with van der Waals surface area (Å²) in [5.74, 6) is -0.872. The van der Waals surface area contributed by atoms with E-state index in [4.69, 9.17) is 9.72 Å². The van der Waals surface area contributed by atoms with Crippen molar-refractivity contribution in [3.8, 4) is 0 Å². The highest BCUT2D eigenvalue weighted by Crippen LogP contribution is 2.28. The van der Waals surface area contributed by atoms with Crippen molar-refractivity contribution in [1.29, 1.82) is 0 Å². The number of hydrogen-bond donors (Lipinski definition) is 3. The SMILES string of the molecule is CC[N+]1(CC(=O)[O-])CCCC1CNC(=O)O[C@@H]1CCCN(c2nc3cc(C(=O)Nc4nc(C(C)(C)C)cs4)ccn3c(=O)c2C=Cc2nn[nH]n2)C1. The first-order valence-corrected chi connectivity index (χ1v) is 18.2. The van der Waals surface area contributed by atoms with Gasteiger partial charge in [-0.1, -0.05) is 20.8 Å². The highest BCUT2D eigenvalue weighted by atomic mass is 32.1. The second-order valence-electron chi connectivity index (χ2n) is 14.2. The van der Waals surface area contributed by atoms with Crippen LogP contribution in [0.15, 0.2) is 28.5 Å². The average Bonchev–Trinajstić information content (AvgIpc) is 3.89. The number of carboxylic acids is 1. The standard InChI is InChI=1S/C34H43N11O6S/c1-5-45(19-28(46)47)15-7-8-22(45)17-35-33(50)51-23-9-6-13-43(18-23)29-24(10-11-26-39-41-42-40-26)31(49)44-14-12-21(16-27(44)37-29)30(48)38-32-36-25(20-52-32)34(2,3)4/h10-12,14,16,20,22-23H,5-9,13,15,17-19H2,1-4H3,(H3-,35,36,38,39,40,41,42,46,47,48,50)/t22?,23-,45?/m1/s1. The molecule has 2 fully saturated rings. The lowest BCUT2D eigenvalue weighted by Gasteiger charge is -2.39. The lowest BCUT2D eigenvalue weighted by Crippen LogP contribution is -2.59. The highest BCUT2D eigenvalue weighted by Gasteiger charge is 2.40. The van der Waals surface area contributed by atoms with Crippen LogP contribution in [-0.2, 0) is 14.9 Å². The summed E-state index contributed by atoms with van der Waals surface area (Å²) in [7, 11) is 0. The molecule has 0 aliphatic carbocycles. The van der Waals surface area contributed by atoms with Crippen molar-refractivity contribution in [3.63, 3.8) is 0 Å². The van der Waals surface area contributed by atoms with Crippen molar-refractivity contribution in [2.24, 2.45) is 0 Å². The van der Waals surface area contributed by atoms with E-state index >= 15 is 0 Å². The van der Waals surface area contributed by atoms with Gasteiger partial charge in [-0.3, -0.25) is 19.3 Å². The van der Waals surface area contributed by atoms with Gasteiger partial charge in [-0.2, -0.15) is 5.21 Å². The molecule has 2 aliphatic rings. The van der Waals surface area contributed by atoms with Gasteiger partial charge in [0.25, 0.3) is 11.5 Å². The summed E-state index contributed by atoms with van der Waals surface area (Å²) in [4.78, 5) is 63.0. The normalized spacial score (nSPS) is 20.7. The molecule has 0 radical (unpaired) electrons. The lowest BCUT2D eigenvalue weighted by atomic mass is 9.93. The Kier molecular flexibility index (Phi) is 10.7. The van der Waals surface area contributed by atoms with E-state index < -0.39 is 18.2 Å². The Bertz CT molecular complexity index is 2020. The van der Waals surface area contributed by atoms with Crippen molar-refractivity contribution in [3.05, 3.63) is 56.7 Å². The number of amides is 2. The van der Waals surface area contributed by atoms with E-state index in [0.717, 1.165) is 25.1 Å². The van der Waals surface area contributed by atoms with Gasteiger partial charge >= 0.3 is 6.09 Å². The molecule has 2 unspecified atom stereocenters. The Balaban J connectivity index is 1.22. The predicted octanol–water partition coefficient (Wildman–Crippen LogP) is 1.83. The molecule has 2 amide bonds. The smallest absolute Gasteiger partial charge is 0.407 e. The molecule has 2 saturated heterocycles. The zero-order chi connectivity index (χ0) is 37.0. The fourth-order valence-electron chi connectivity index (χ4n) is 6.92. The van der Waals surface area contributed by atoms with Crippen LogP contribution in [0.3, 0.4) is 0 Å². The minimum absolute atomic E-state index is 0.0452. The van der Waals surface area contributed by atoms with Crippen molar-refractivity contribution in [1.82, 2.24) is 40.3 Å². The lowest BCUT2D eigenvalue weighted by molar-refractivity contribution is -0.931. The number of aliphatic carboxylic acids is 1. The number of rotatable bonds is 11. The van der Waals surface area contributed by atoms with Crippen LogP contribution in [0.5, 0.6) is 0 Å². The number of likely N-dealkylation sites (N-methyl/N-ethyl adjacent to an activating group) is 1. The topological polar surface area (TPSA) is 213 Å². The number of hydrogen-bond acceptors (Lipinski definition) is 13. The Labute approximate surface area is 303 Å². The highest BCUT2D eigenvalue weighted by molar-refractivity contribution is 7.14. The maximum atomic E-state index is 14.0. The molecule has 0 aromatic carbocycles. The molecule has 4 aromatic rings. The third kappa shape index (κ3) is 8.12. The van der Waals surface area contributed by atoms with E-state index in [1.165, 1.54) is 21.9 Å². The number of carbonyl (C=O) groups is 3. The third-order valence-electron chi connectivity index (χ3n) is 9.78. The number of anilines is 2. The van der Waals surface area contributed by atoms with Crippen LogP contribution in [0, 0.1) is 0 Å². The number of H-pyrrole nitrogens is 1. The van der Waals surface area contributed by atoms with E-state index in [0.29, 0.717) is 53.5 Å². The molecule has 0 saturated carbocycles. The molecule has 2 aliphatic heterocycles. The van der Waals surface area contributed by atoms with Crippen LogP contribution in [0.4, 0.5) is 15.7 Å². The largest absolute Gasteiger partial charge is 0.544 e. The van der Waals surface area contributed by atoms with E-state index in [-0.39, 0.29) is 53.0 Å². The molecule has 17 nitrogen and oxygen atoms in total. The summed E-state index contributed by atoms with van der Waals surface area (Å²) in [6.07, 6.45) is 6.46. The van der Waals surface area contributed by atoms with Crippen molar-refractivity contribution >= 4 is 58.1 Å². The van der Waals surface area contributed by atoms with Gasteiger partial charge < -0.3 is 29.3 Å². The molecule has 6 rings (SSSR count). The zero-order valence-electron chi connectivity index (χ0n) is 29.6. The number of quaternary nitrogens is 1. The van der Waals surface area contributed by atoms with Crippen LogP contribution in [0.1, 0.15) is 80.8 Å². The molecule has 52 heavy (non-hydrogen) atoms. The molecule has 0 spiro atoms. The number of piperidine rings is 1. The first-order valence-electron chi connectivity index (χ1n) is 17.4. The maximum Gasteiger partial charge on any atom is 0.407 e. The van der Waals surface area contributed by atoms with E-state index in [2.05, 4.69) is 36.2 Å². The molecule has 276 valence electrons. The quantitative estimate of drug-likeness (QED) is 0.189. The molecule has 3 N–H and O–H groups in total. The Morgan fingerprint density at radius 3 is 2.73 bits per heavy atom. The van der Waals surface area contributed by atoms with Gasteiger partial charge in [0, 0.05) is 41.9 Å². The van der Waals surface area contributed by atoms with Crippen LogP contribution < -0.4 is 26.2 Å². The number of alkyl carbamates (subject to hydrolysis) is 1. The molecular formula is C34H43N11O6S. The Hall–Kier alpha value is -5.23. The second-order valence-corrected chi connectivity index (χ2v) is 15.1. The van der Waals surface area contributed by atoms with Gasteiger partial charge in [-0.25, -0.2) is 14.8 Å². The number of thiazole rings is 1. The Morgan fingerprint density at radius 1 is 1.19 bits per heavy atom. The fraction of sp³-hybridized carbons (Fsp3) is 0.500. The number of carbonyl (C=O) groups excluding carboxylic acids is 3. The third-order valence-corrected chi connectivity index (χ3v) is 10.5. The molecule has 18 heteroatoms. The number of tetrazole rings is 1.